The van der Waals surface area contributed by atoms with Crippen LogP contribution in [0.2, 0.25) is 0 Å². The lowest BCUT2D eigenvalue weighted by atomic mass is 9.95. The second kappa shape index (κ2) is 12.8. The highest BCUT2D eigenvalue weighted by Gasteiger charge is 2.38. The molecule has 2 atom stereocenters. The van der Waals surface area contributed by atoms with Crippen molar-refractivity contribution in [3.05, 3.63) is 70.8 Å². The molecule has 2 unspecified atom stereocenters. The summed E-state index contributed by atoms with van der Waals surface area (Å²) in [5, 5.41) is 5.63. The van der Waals surface area contributed by atoms with E-state index in [0.29, 0.717) is 6.54 Å². The maximum atomic E-state index is 13.8. The van der Waals surface area contributed by atoms with Gasteiger partial charge in [-0.2, -0.15) is 12.6 Å². The molecule has 0 fully saturated rings. The molecule has 0 heterocycles. The Hall–Kier alpha value is -3.00. The third kappa shape index (κ3) is 8.29. The first-order valence-electron chi connectivity index (χ1n) is 12.2. The molecule has 0 saturated carbocycles. The average Bonchev–Trinajstić information content (AvgIpc) is 2.80. The van der Waals surface area contributed by atoms with E-state index in [1.54, 1.807) is 20.8 Å². The van der Waals surface area contributed by atoms with Crippen molar-refractivity contribution in [3.8, 4) is 0 Å². The fraction of sp³-hybridized carbons (Fsp3) is 0.464. The second-order valence-corrected chi connectivity index (χ2v) is 10.6. The predicted molar refractivity (Wildman–Crippen MR) is 146 cm³/mol. The Morgan fingerprint density at radius 1 is 1.03 bits per heavy atom. The van der Waals surface area contributed by atoms with E-state index < -0.39 is 29.7 Å². The van der Waals surface area contributed by atoms with Gasteiger partial charge in [-0.25, -0.2) is 4.79 Å². The molecule has 2 aromatic carbocycles. The van der Waals surface area contributed by atoms with Crippen LogP contribution in [0.25, 0.3) is 0 Å². The molecule has 0 radical (unpaired) electrons. The minimum Gasteiger partial charge on any atom is -0.444 e. The number of hydrogen-bond donors (Lipinski definition) is 3. The Morgan fingerprint density at radius 3 is 2.22 bits per heavy atom. The zero-order valence-electron chi connectivity index (χ0n) is 22.3. The molecule has 0 spiro atoms. The van der Waals surface area contributed by atoms with Gasteiger partial charge in [-0.15, -0.1) is 0 Å². The van der Waals surface area contributed by atoms with Crippen molar-refractivity contribution in [2.24, 2.45) is 0 Å². The fourth-order valence-electron chi connectivity index (χ4n) is 3.85. The zero-order chi connectivity index (χ0) is 27.0. The van der Waals surface area contributed by atoms with Crippen LogP contribution in [0.5, 0.6) is 0 Å². The van der Waals surface area contributed by atoms with Crippen LogP contribution in [0.3, 0.4) is 0 Å². The van der Waals surface area contributed by atoms with E-state index in [-0.39, 0.29) is 17.7 Å². The van der Waals surface area contributed by atoms with Gasteiger partial charge in [0.1, 0.15) is 17.7 Å². The summed E-state index contributed by atoms with van der Waals surface area (Å²) in [6, 6.07) is 13.2. The summed E-state index contributed by atoms with van der Waals surface area (Å²) in [5.74, 6) is -0.664. The van der Waals surface area contributed by atoms with Gasteiger partial charge in [0.05, 0.1) is 0 Å². The lowest BCUT2D eigenvalue weighted by molar-refractivity contribution is -0.144. The van der Waals surface area contributed by atoms with Crippen LogP contribution in [0, 0.1) is 13.8 Å². The Morgan fingerprint density at radius 2 is 1.67 bits per heavy atom. The summed E-state index contributed by atoms with van der Waals surface area (Å²) in [7, 11) is 0. The Balaban J connectivity index is 2.44. The van der Waals surface area contributed by atoms with Gasteiger partial charge in [-0.1, -0.05) is 54.1 Å². The van der Waals surface area contributed by atoms with Crippen molar-refractivity contribution in [2.75, 3.05) is 5.75 Å². The Labute approximate surface area is 220 Å². The van der Waals surface area contributed by atoms with E-state index in [1.807, 2.05) is 76.2 Å². The van der Waals surface area contributed by atoms with E-state index in [4.69, 9.17) is 4.74 Å². The molecule has 196 valence electrons. The number of rotatable bonds is 9. The topological polar surface area (TPSA) is 87.7 Å². The highest BCUT2D eigenvalue weighted by molar-refractivity contribution is 7.80. The monoisotopic (exact) mass is 513 g/mol. The lowest BCUT2D eigenvalue weighted by Gasteiger charge is -2.37. The first-order chi connectivity index (χ1) is 16.8. The maximum absolute atomic E-state index is 13.8. The minimum absolute atomic E-state index is 0.0481. The van der Waals surface area contributed by atoms with Crippen LogP contribution >= 0.6 is 12.6 Å². The molecule has 0 aliphatic rings. The van der Waals surface area contributed by atoms with Gasteiger partial charge in [-0.3, -0.25) is 9.59 Å². The van der Waals surface area contributed by atoms with E-state index in [0.717, 1.165) is 22.3 Å². The van der Waals surface area contributed by atoms with Crippen molar-refractivity contribution < 1.29 is 19.1 Å². The van der Waals surface area contributed by atoms with Crippen LogP contribution in [-0.4, -0.2) is 46.2 Å². The lowest BCUT2D eigenvalue weighted by Crippen LogP contribution is -2.55. The number of carbonyl (C=O) groups excluding carboxylic acids is 3. The molecule has 2 aromatic rings. The molecule has 36 heavy (non-hydrogen) atoms. The molecule has 0 aliphatic heterocycles. The summed E-state index contributed by atoms with van der Waals surface area (Å²) in [4.78, 5) is 41.5. The molecule has 8 heteroatoms. The third-order valence-corrected chi connectivity index (χ3v) is 5.91. The normalized spacial score (nSPS) is 13.0. The number of hydrogen-bond acceptors (Lipinski definition) is 5. The molecular formula is C28H39N3O4S. The van der Waals surface area contributed by atoms with Gasteiger partial charge >= 0.3 is 6.09 Å². The first kappa shape index (κ1) is 29.2. The highest BCUT2D eigenvalue weighted by atomic mass is 32.1. The highest BCUT2D eigenvalue weighted by Crippen LogP contribution is 2.28. The molecule has 0 bridgehead atoms. The van der Waals surface area contributed by atoms with Crippen molar-refractivity contribution in [1.82, 2.24) is 15.5 Å². The van der Waals surface area contributed by atoms with E-state index >= 15 is 0 Å². The molecule has 2 rings (SSSR count). The zero-order valence-corrected chi connectivity index (χ0v) is 23.2. The van der Waals surface area contributed by atoms with Crippen molar-refractivity contribution >= 4 is 30.5 Å². The first-order valence-corrected chi connectivity index (χ1v) is 12.8. The largest absolute Gasteiger partial charge is 0.444 e. The number of amides is 3. The van der Waals surface area contributed by atoms with E-state index in [2.05, 4.69) is 23.3 Å². The molecule has 7 nitrogen and oxygen atoms in total. The number of carbonyl (C=O) groups is 3. The molecule has 3 amide bonds. The maximum Gasteiger partial charge on any atom is 0.408 e. The van der Waals surface area contributed by atoms with Crippen LogP contribution < -0.4 is 10.6 Å². The quantitative estimate of drug-likeness (QED) is 0.424. The van der Waals surface area contributed by atoms with Crippen LogP contribution in [-0.2, 0) is 20.9 Å². The standard InChI is InChI=1S/C28H39N3O4S/c1-18(2)31(26(33)23(17-36)30-27(34)35-28(5,6)7)24(22-15-19(3)13-14-20(22)4)25(32)29-16-21-11-9-8-10-12-21/h8-15,18,23-24,36H,16-17H2,1-7H3,(H,29,32)(H,30,34). The number of ether oxygens (including phenoxy) is 1. The molecule has 0 saturated heterocycles. The van der Waals surface area contributed by atoms with Crippen LogP contribution in [0.4, 0.5) is 4.79 Å². The Bertz CT molecular complexity index is 1050. The number of benzene rings is 2. The molecule has 2 N–H and O–H groups in total. The van der Waals surface area contributed by atoms with Crippen LogP contribution in [0.1, 0.15) is 62.9 Å². The van der Waals surface area contributed by atoms with E-state index in [1.165, 1.54) is 4.90 Å². The molecular weight excluding hydrogens is 474 g/mol. The average molecular weight is 514 g/mol. The van der Waals surface area contributed by atoms with Gasteiger partial charge in [0, 0.05) is 18.3 Å². The molecule has 0 aliphatic carbocycles. The third-order valence-electron chi connectivity index (χ3n) is 5.55. The van der Waals surface area contributed by atoms with Gasteiger partial charge in [0.2, 0.25) is 11.8 Å². The van der Waals surface area contributed by atoms with Crippen molar-refractivity contribution in [1.29, 1.82) is 0 Å². The summed E-state index contributed by atoms with van der Waals surface area (Å²) < 4.78 is 5.34. The summed E-state index contributed by atoms with van der Waals surface area (Å²) in [6.07, 6.45) is -0.713. The fourth-order valence-corrected chi connectivity index (χ4v) is 4.10. The number of nitrogens with zero attached hydrogens (tertiary/aromatic N) is 1. The van der Waals surface area contributed by atoms with Gasteiger partial charge < -0.3 is 20.3 Å². The summed E-state index contributed by atoms with van der Waals surface area (Å²) in [5.41, 5.74) is 2.84. The van der Waals surface area contributed by atoms with Gasteiger partial charge in [0.25, 0.3) is 0 Å². The molecule has 0 aromatic heterocycles. The van der Waals surface area contributed by atoms with E-state index in [9.17, 15) is 14.4 Å². The van der Waals surface area contributed by atoms with Crippen molar-refractivity contribution in [3.63, 3.8) is 0 Å². The number of alkyl carbamates (subject to hydrolysis) is 1. The second-order valence-electron chi connectivity index (χ2n) is 10.2. The van der Waals surface area contributed by atoms with Gasteiger partial charge in [-0.05, 0) is 65.2 Å². The smallest absolute Gasteiger partial charge is 0.408 e. The number of thiol groups is 1. The number of nitrogens with one attached hydrogen (secondary N) is 2. The summed E-state index contributed by atoms with van der Waals surface area (Å²) >= 11 is 4.32. The van der Waals surface area contributed by atoms with Crippen LogP contribution in [0.15, 0.2) is 48.5 Å². The van der Waals surface area contributed by atoms with Gasteiger partial charge in [0.15, 0.2) is 0 Å². The minimum atomic E-state index is -0.972. The Kier molecular flexibility index (Phi) is 10.4. The SMILES string of the molecule is Cc1ccc(C)c(C(C(=O)NCc2ccccc2)N(C(=O)C(CS)NC(=O)OC(C)(C)C)C(C)C)c1. The number of aryl methyl sites for hydroxylation is 2. The summed E-state index contributed by atoms with van der Waals surface area (Å²) in [6.45, 7) is 13.1. The van der Waals surface area contributed by atoms with Crippen molar-refractivity contribution in [2.45, 2.75) is 78.7 Å². The predicted octanol–water partition coefficient (Wildman–Crippen LogP) is 4.72.